The second-order valence-corrected chi connectivity index (χ2v) is 7.62. The zero-order valence-corrected chi connectivity index (χ0v) is 15.7. The summed E-state index contributed by atoms with van der Waals surface area (Å²) in [7, 11) is 2.07. The van der Waals surface area contributed by atoms with Gasteiger partial charge < -0.3 is 9.47 Å². The summed E-state index contributed by atoms with van der Waals surface area (Å²) in [4.78, 5) is 29.0. The predicted molar refractivity (Wildman–Crippen MR) is 102 cm³/mol. The van der Waals surface area contributed by atoms with E-state index in [9.17, 15) is 4.79 Å². The average molecular weight is 356 g/mol. The quantitative estimate of drug-likeness (QED) is 0.904. The van der Waals surface area contributed by atoms with E-state index in [1.54, 1.807) is 6.07 Å². The van der Waals surface area contributed by atoms with Gasteiger partial charge in [-0.3, -0.25) is 14.7 Å². The number of rotatable bonds is 4. The minimum atomic E-state index is -0.0312. The van der Waals surface area contributed by atoms with Crippen LogP contribution in [0.2, 0.25) is 0 Å². The molecule has 2 fully saturated rings. The summed E-state index contributed by atoms with van der Waals surface area (Å²) in [6, 6.07) is 1.70. The monoisotopic (exact) mass is 356 g/mol. The van der Waals surface area contributed by atoms with E-state index in [1.165, 1.54) is 18.5 Å². The van der Waals surface area contributed by atoms with Gasteiger partial charge in [-0.1, -0.05) is 0 Å². The predicted octanol–water partition coefficient (Wildman–Crippen LogP) is 1.79. The Morgan fingerprint density at radius 1 is 1.23 bits per heavy atom. The molecule has 140 valence electrons. The van der Waals surface area contributed by atoms with Crippen LogP contribution in [0.25, 0.3) is 0 Å². The number of hydrogen-bond donors (Lipinski definition) is 1. The number of anilines is 1. The number of imidazole rings is 1. The number of aromatic amines is 1. The number of H-pyrrole nitrogens is 1. The molecule has 1 unspecified atom stereocenters. The van der Waals surface area contributed by atoms with Crippen LogP contribution >= 0.6 is 0 Å². The van der Waals surface area contributed by atoms with E-state index in [1.807, 2.05) is 13.1 Å². The number of likely N-dealkylation sites (tertiary alicyclic amines) is 1. The number of piperidine rings is 1. The van der Waals surface area contributed by atoms with E-state index in [2.05, 4.69) is 31.4 Å². The molecule has 26 heavy (non-hydrogen) atoms. The lowest BCUT2D eigenvalue weighted by Crippen LogP contribution is -2.35. The van der Waals surface area contributed by atoms with E-state index in [4.69, 9.17) is 4.98 Å². The maximum Gasteiger partial charge on any atom is 0.252 e. The molecule has 7 heteroatoms. The van der Waals surface area contributed by atoms with Crippen molar-refractivity contribution in [3.8, 4) is 0 Å². The molecule has 0 saturated carbocycles. The molecular weight excluding hydrogens is 328 g/mol. The number of aromatic nitrogens is 4. The van der Waals surface area contributed by atoms with Gasteiger partial charge in [0.25, 0.3) is 5.56 Å². The van der Waals surface area contributed by atoms with Crippen LogP contribution in [-0.4, -0.2) is 50.6 Å². The van der Waals surface area contributed by atoms with Crippen molar-refractivity contribution in [3.05, 3.63) is 39.8 Å². The van der Waals surface area contributed by atoms with Gasteiger partial charge in [0.15, 0.2) is 0 Å². The van der Waals surface area contributed by atoms with Crippen LogP contribution in [0.5, 0.6) is 0 Å². The molecule has 0 aromatic carbocycles. The molecule has 0 amide bonds. The molecule has 1 atom stereocenters. The Morgan fingerprint density at radius 3 is 2.77 bits per heavy atom. The van der Waals surface area contributed by atoms with E-state index in [-0.39, 0.29) is 5.56 Å². The van der Waals surface area contributed by atoms with Gasteiger partial charge in [0.05, 0.1) is 11.4 Å². The maximum absolute atomic E-state index is 12.2. The van der Waals surface area contributed by atoms with Crippen molar-refractivity contribution in [1.29, 1.82) is 0 Å². The summed E-state index contributed by atoms with van der Waals surface area (Å²) in [6.45, 7) is 6.94. The van der Waals surface area contributed by atoms with Crippen LogP contribution in [0.3, 0.4) is 0 Å². The molecule has 4 rings (SSSR count). The first kappa shape index (κ1) is 17.3. The fraction of sp³-hybridized carbons (Fsp3) is 0.632. The number of nitrogens with one attached hydrogen (secondary N) is 1. The Balaban J connectivity index is 1.50. The van der Waals surface area contributed by atoms with Gasteiger partial charge in [-0.15, -0.1) is 0 Å². The molecule has 0 radical (unpaired) electrons. The van der Waals surface area contributed by atoms with Crippen molar-refractivity contribution < 1.29 is 0 Å². The minimum absolute atomic E-state index is 0.0312. The van der Waals surface area contributed by atoms with E-state index in [0.717, 1.165) is 63.0 Å². The highest BCUT2D eigenvalue weighted by Crippen LogP contribution is 2.27. The Hall–Kier alpha value is -2.15. The zero-order valence-electron chi connectivity index (χ0n) is 15.7. The van der Waals surface area contributed by atoms with Crippen LogP contribution in [0, 0.1) is 6.92 Å². The molecule has 0 spiro atoms. The molecule has 0 aliphatic carbocycles. The minimum Gasteiger partial charge on any atom is -0.342 e. The van der Waals surface area contributed by atoms with Gasteiger partial charge in [-0.2, -0.15) is 0 Å². The lowest BCUT2D eigenvalue weighted by Gasteiger charge is -2.32. The van der Waals surface area contributed by atoms with Crippen LogP contribution in [0.1, 0.15) is 48.8 Å². The summed E-state index contributed by atoms with van der Waals surface area (Å²) >= 11 is 0. The maximum atomic E-state index is 12.2. The van der Waals surface area contributed by atoms with Crippen molar-refractivity contribution in [2.75, 3.05) is 31.1 Å². The Kier molecular flexibility index (Phi) is 4.80. The highest BCUT2D eigenvalue weighted by atomic mass is 16.1. The fourth-order valence-electron chi connectivity index (χ4n) is 4.12. The summed E-state index contributed by atoms with van der Waals surface area (Å²) in [6.07, 6.45) is 6.55. The molecule has 2 aromatic heterocycles. The molecule has 4 heterocycles. The summed E-state index contributed by atoms with van der Waals surface area (Å²) in [5.41, 5.74) is 2.15. The van der Waals surface area contributed by atoms with Gasteiger partial charge in [0.1, 0.15) is 5.82 Å². The van der Waals surface area contributed by atoms with E-state index >= 15 is 0 Å². The van der Waals surface area contributed by atoms with Crippen LogP contribution in [-0.2, 0) is 13.6 Å². The van der Waals surface area contributed by atoms with Crippen molar-refractivity contribution >= 4 is 5.95 Å². The highest BCUT2D eigenvalue weighted by Gasteiger charge is 2.25. The standard InChI is InChI=1S/C19H28N6O/c1-14-20-11-16(23(14)2)13-24-7-5-6-15(12-24)17-10-18(26)22-19(21-17)25-8-3-4-9-25/h10-11,15H,3-9,12-13H2,1-2H3,(H,21,22,26). The molecule has 2 saturated heterocycles. The molecule has 2 aliphatic heterocycles. The van der Waals surface area contributed by atoms with Crippen molar-refractivity contribution in [2.24, 2.45) is 7.05 Å². The van der Waals surface area contributed by atoms with Gasteiger partial charge in [0, 0.05) is 51.4 Å². The molecule has 0 bridgehead atoms. The lowest BCUT2D eigenvalue weighted by molar-refractivity contribution is 0.194. The number of nitrogens with zero attached hydrogens (tertiary/aromatic N) is 5. The Morgan fingerprint density at radius 2 is 2.04 bits per heavy atom. The van der Waals surface area contributed by atoms with Gasteiger partial charge in [-0.25, -0.2) is 9.97 Å². The normalized spacial score (nSPS) is 21.5. The van der Waals surface area contributed by atoms with Gasteiger partial charge >= 0.3 is 0 Å². The van der Waals surface area contributed by atoms with Gasteiger partial charge in [-0.05, 0) is 39.2 Å². The molecule has 1 N–H and O–H groups in total. The van der Waals surface area contributed by atoms with Crippen LogP contribution < -0.4 is 10.5 Å². The summed E-state index contributed by atoms with van der Waals surface area (Å²) in [5.74, 6) is 2.12. The van der Waals surface area contributed by atoms with Crippen LogP contribution in [0.15, 0.2) is 17.1 Å². The van der Waals surface area contributed by atoms with E-state index < -0.39 is 0 Å². The molecule has 7 nitrogen and oxygen atoms in total. The summed E-state index contributed by atoms with van der Waals surface area (Å²) < 4.78 is 2.15. The third-order valence-corrected chi connectivity index (χ3v) is 5.78. The zero-order chi connectivity index (χ0) is 18.1. The highest BCUT2D eigenvalue weighted by molar-refractivity contribution is 5.32. The average Bonchev–Trinajstić information content (AvgIpc) is 3.28. The molecule has 2 aliphatic rings. The number of aryl methyl sites for hydroxylation is 1. The summed E-state index contributed by atoms with van der Waals surface area (Å²) in [5, 5.41) is 0. The van der Waals surface area contributed by atoms with Crippen molar-refractivity contribution in [3.63, 3.8) is 0 Å². The number of hydrogen-bond acceptors (Lipinski definition) is 5. The third kappa shape index (κ3) is 3.53. The van der Waals surface area contributed by atoms with Gasteiger partial charge in [0.2, 0.25) is 5.95 Å². The topological polar surface area (TPSA) is 70.1 Å². The largest absolute Gasteiger partial charge is 0.342 e. The van der Waals surface area contributed by atoms with E-state index in [0.29, 0.717) is 5.92 Å². The second-order valence-electron chi connectivity index (χ2n) is 7.62. The van der Waals surface area contributed by atoms with Crippen molar-refractivity contribution in [2.45, 2.75) is 45.1 Å². The van der Waals surface area contributed by atoms with Crippen molar-refractivity contribution in [1.82, 2.24) is 24.4 Å². The van der Waals surface area contributed by atoms with Crippen LogP contribution in [0.4, 0.5) is 5.95 Å². The third-order valence-electron chi connectivity index (χ3n) is 5.78. The Bertz CT molecular complexity index is 820. The first-order chi connectivity index (χ1) is 12.6. The fourth-order valence-corrected chi connectivity index (χ4v) is 4.12. The first-order valence-corrected chi connectivity index (χ1v) is 9.66. The molecular formula is C19H28N6O. The SMILES string of the molecule is Cc1ncc(CN2CCCC(c3cc(=O)[nH]c(N4CCCC4)n3)C2)n1C. The smallest absolute Gasteiger partial charge is 0.252 e. The lowest BCUT2D eigenvalue weighted by atomic mass is 9.94. The molecule has 2 aromatic rings. The Labute approximate surface area is 154 Å². The first-order valence-electron chi connectivity index (χ1n) is 9.66. The second kappa shape index (κ2) is 7.23.